The van der Waals surface area contributed by atoms with Crippen LogP contribution in [0.4, 0.5) is 14.4 Å². The normalized spacial score (nSPS) is 21.7. The van der Waals surface area contributed by atoms with Crippen molar-refractivity contribution in [2.24, 2.45) is 0 Å². The molecule has 0 aromatic carbocycles. The van der Waals surface area contributed by atoms with Crippen molar-refractivity contribution in [3.63, 3.8) is 0 Å². The number of aliphatic hydroxyl groups excluding tert-OH is 1. The quantitative estimate of drug-likeness (QED) is 0.0818. The molecule has 1 aliphatic heterocycles. The summed E-state index contributed by atoms with van der Waals surface area (Å²) in [5.41, 5.74) is -1.07. The lowest BCUT2D eigenvalue weighted by Gasteiger charge is -2.48. The molecule has 0 aliphatic carbocycles. The second-order valence-electron chi connectivity index (χ2n) is 12.6. The fourth-order valence-corrected chi connectivity index (χ4v) is 5.99. The fourth-order valence-electron chi connectivity index (χ4n) is 5.99. The van der Waals surface area contributed by atoms with Crippen molar-refractivity contribution in [3.8, 4) is 0 Å². The first-order chi connectivity index (χ1) is 21.6. The molecule has 1 saturated heterocycles. The first kappa shape index (κ1) is 40.8. The van der Waals surface area contributed by atoms with E-state index in [-0.39, 0.29) is 46.1 Å². The van der Waals surface area contributed by atoms with Gasteiger partial charge in [-0.25, -0.2) is 9.59 Å². The minimum atomic E-state index is -1.21. The lowest BCUT2D eigenvalue weighted by Crippen LogP contribution is -2.71. The molecule has 1 aliphatic rings. The number of aliphatic hydroxyl groups is 1. The van der Waals surface area contributed by atoms with Crippen molar-refractivity contribution in [2.45, 2.75) is 109 Å². The summed E-state index contributed by atoms with van der Waals surface area (Å²) in [6, 6.07) is 0. The summed E-state index contributed by atoms with van der Waals surface area (Å²) in [7, 11) is 0. The van der Waals surface area contributed by atoms with Crippen molar-refractivity contribution in [2.75, 3.05) is 79.0 Å². The number of hydrogen-bond donors (Lipinski definition) is 5. The summed E-state index contributed by atoms with van der Waals surface area (Å²) in [5, 5.41) is 42.7. The third kappa shape index (κ3) is 15.8. The van der Waals surface area contributed by atoms with Gasteiger partial charge in [-0.15, -0.1) is 0 Å². The van der Waals surface area contributed by atoms with Gasteiger partial charge in [0, 0.05) is 59.0 Å². The Balaban J connectivity index is 3.05. The SMILES string of the molecule is CCCCCCCCOC[N+]1(C(=O)O)CCNCCN(C(=O)O)CCN(C(=O)O)CC1(C)CCCOCCCCCCCCO. The standard InChI is InChI=1S/C32H62N4O9/c1-3-4-5-6-10-14-25-45-28-36(31(42)43)22-18-33-17-19-34(29(38)39)20-21-35(30(40)41)27-32(36,2)16-15-26-44-24-13-11-8-7-9-12-23-37/h33,37H,3-28H2,1-2H3,(H2-,38,39,40,41,42,43)/p+1. The van der Waals surface area contributed by atoms with Crippen LogP contribution in [0.3, 0.4) is 0 Å². The van der Waals surface area contributed by atoms with E-state index < -0.39 is 28.3 Å². The van der Waals surface area contributed by atoms with Gasteiger partial charge in [0.15, 0.2) is 6.73 Å². The Morgan fingerprint density at radius 2 is 1.29 bits per heavy atom. The van der Waals surface area contributed by atoms with E-state index >= 15 is 0 Å². The Bertz CT molecular complexity index is 822. The van der Waals surface area contributed by atoms with E-state index in [0.717, 1.165) is 62.7 Å². The molecule has 0 spiro atoms. The predicted molar refractivity (Wildman–Crippen MR) is 173 cm³/mol. The summed E-state index contributed by atoms with van der Waals surface area (Å²) in [5.74, 6) is 0. The molecule has 1 rings (SSSR count). The topological polar surface area (TPSA) is 169 Å². The summed E-state index contributed by atoms with van der Waals surface area (Å²) >= 11 is 0. The van der Waals surface area contributed by atoms with Gasteiger partial charge >= 0.3 is 18.3 Å². The Kier molecular flexibility index (Phi) is 21.8. The lowest BCUT2D eigenvalue weighted by molar-refractivity contribution is -0.924. The molecule has 0 bridgehead atoms. The summed E-state index contributed by atoms with van der Waals surface area (Å²) in [6.45, 7) is 6.38. The average molecular weight is 648 g/mol. The van der Waals surface area contributed by atoms with Gasteiger partial charge in [-0.1, -0.05) is 64.7 Å². The zero-order chi connectivity index (χ0) is 33.4. The highest BCUT2D eigenvalue weighted by Crippen LogP contribution is 2.32. The molecule has 0 radical (unpaired) electrons. The summed E-state index contributed by atoms with van der Waals surface area (Å²) < 4.78 is 11.5. The number of ether oxygens (including phenoxy) is 2. The van der Waals surface area contributed by atoms with E-state index in [0.29, 0.717) is 45.8 Å². The van der Waals surface area contributed by atoms with Gasteiger partial charge in [-0.2, -0.15) is 9.28 Å². The number of carbonyl (C=O) groups is 3. The molecule has 2 atom stereocenters. The second kappa shape index (κ2) is 24.0. The Morgan fingerprint density at radius 3 is 1.89 bits per heavy atom. The molecule has 2 unspecified atom stereocenters. The Hall–Kier alpha value is -2.19. The average Bonchev–Trinajstić information content (AvgIpc) is 2.99. The third-order valence-corrected chi connectivity index (χ3v) is 9.00. The molecule has 264 valence electrons. The Morgan fingerprint density at radius 1 is 0.733 bits per heavy atom. The first-order valence-corrected chi connectivity index (χ1v) is 17.2. The molecule has 45 heavy (non-hydrogen) atoms. The maximum atomic E-state index is 13.2. The maximum Gasteiger partial charge on any atom is 0.516 e. The van der Waals surface area contributed by atoms with Crippen LogP contribution >= 0.6 is 0 Å². The van der Waals surface area contributed by atoms with E-state index in [1.165, 1.54) is 24.2 Å². The maximum absolute atomic E-state index is 13.2. The molecule has 0 saturated carbocycles. The second-order valence-corrected chi connectivity index (χ2v) is 12.6. The third-order valence-electron chi connectivity index (χ3n) is 9.00. The number of nitrogens with one attached hydrogen (secondary N) is 1. The molecule has 0 aromatic rings. The minimum absolute atomic E-state index is 0.00981. The zero-order valence-corrected chi connectivity index (χ0v) is 28.1. The van der Waals surface area contributed by atoms with Crippen LogP contribution in [0.2, 0.25) is 0 Å². The van der Waals surface area contributed by atoms with E-state index in [9.17, 15) is 29.7 Å². The highest BCUT2D eigenvalue weighted by atomic mass is 16.5. The lowest BCUT2D eigenvalue weighted by atomic mass is 9.89. The first-order valence-electron chi connectivity index (χ1n) is 17.2. The van der Waals surface area contributed by atoms with Gasteiger partial charge in [-0.3, -0.25) is 0 Å². The number of nitrogens with zero attached hydrogens (tertiary/aromatic N) is 3. The van der Waals surface area contributed by atoms with Gasteiger partial charge < -0.3 is 45.0 Å². The van der Waals surface area contributed by atoms with Gasteiger partial charge in [0.05, 0.1) is 13.2 Å². The van der Waals surface area contributed by atoms with Crippen LogP contribution in [0.25, 0.3) is 0 Å². The van der Waals surface area contributed by atoms with E-state index in [1.54, 1.807) is 0 Å². The monoisotopic (exact) mass is 647 g/mol. The van der Waals surface area contributed by atoms with E-state index in [4.69, 9.17) is 14.6 Å². The zero-order valence-electron chi connectivity index (χ0n) is 28.1. The molecule has 13 nitrogen and oxygen atoms in total. The number of rotatable bonds is 21. The van der Waals surface area contributed by atoms with Crippen molar-refractivity contribution in [1.29, 1.82) is 0 Å². The van der Waals surface area contributed by atoms with Crippen LogP contribution < -0.4 is 5.32 Å². The highest BCUT2D eigenvalue weighted by molar-refractivity contribution is 5.66. The van der Waals surface area contributed by atoms with Crippen molar-refractivity contribution in [1.82, 2.24) is 15.1 Å². The largest absolute Gasteiger partial charge is 0.516 e. The molecule has 1 heterocycles. The van der Waals surface area contributed by atoms with Crippen LogP contribution in [0.5, 0.6) is 0 Å². The molecule has 0 aromatic heterocycles. The molecular formula is C32H63N4O9+. The smallest absolute Gasteiger partial charge is 0.465 e. The predicted octanol–water partition coefficient (Wildman–Crippen LogP) is 5.27. The number of amides is 3. The van der Waals surface area contributed by atoms with Gasteiger partial charge in [0.1, 0.15) is 12.1 Å². The van der Waals surface area contributed by atoms with Crippen molar-refractivity contribution in [3.05, 3.63) is 0 Å². The molecule has 1 fully saturated rings. The van der Waals surface area contributed by atoms with Crippen LogP contribution in [-0.4, -0.2) is 137 Å². The van der Waals surface area contributed by atoms with Crippen molar-refractivity contribution >= 4 is 18.3 Å². The van der Waals surface area contributed by atoms with Crippen LogP contribution in [-0.2, 0) is 9.47 Å². The molecule has 3 amide bonds. The van der Waals surface area contributed by atoms with Gasteiger partial charge in [0.25, 0.3) is 0 Å². The van der Waals surface area contributed by atoms with Crippen LogP contribution in [0.15, 0.2) is 0 Å². The van der Waals surface area contributed by atoms with E-state index in [2.05, 4.69) is 12.2 Å². The Labute approximate surface area is 270 Å². The molecule has 13 heteroatoms. The molecule has 5 N–H and O–H groups in total. The minimum Gasteiger partial charge on any atom is -0.465 e. The number of quaternary nitrogens is 1. The van der Waals surface area contributed by atoms with Crippen molar-refractivity contribution < 1.29 is 48.8 Å². The van der Waals surface area contributed by atoms with Crippen LogP contribution in [0.1, 0.15) is 104 Å². The number of carboxylic acid groups (broad SMARTS) is 3. The summed E-state index contributed by atoms with van der Waals surface area (Å²) in [6.07, 6.45) is 10.0. The van der Waals surface area contributed by atoms with E-state index in [1.807, 2.05) is 6.92 Å². The highest BCUT2D eigenvalue weighted by Gasteiger charge is 2.54. The number of hydrogen-bond acceptors (Lipinski definition) is 7. The number of unbranched alkanes of at least 4 members (excludes halogenated alkanes) is 10. The van der Waals surface area contributed by atoms with Crippen LogP contribution in [0, 0.1) is 0 Å². The van der Waals surface area contributed by atoms with Gasteiger partial charge in [-0.05, 0) is 32.6 Å². The summed E-state index contributed by atoms with van der Waals surface area (Å²) in [4.78, 5) is 39.7. The fraction of sp³-hybridized carbons (Fsp3) is 0.906. The van der Waals surface area contributed by atoms with Gasteiger partial charge in [0.2, 0.25) is 0 Å². The molecular weight excluding hydrogens is 584 g/mol.